The van der Waals surface area contributed by atoms with E-state index in [-0.39, 0.29) is 38.1 Å². The summed E-state index contributed by atoms with van der Waals surface area (Å²) in [6.45, 7) is 1.46. The highest BCUT2D eigenvalue weighted by molar-refractivity contribution is 5.97. The summed E-state index contributed by atoms with van der Waals surface area (Å²) in [5.74, 6) is -0.670. The van der Waals surface area contributed by atoms with Gasteiger partial charge in [-0.25, -0.2) is 0 Å². The summed E-state index contributed by atoms with van der Waals surface area (Å²) in [5, 5.41) is 20.4. The summed E-state index contributed by atoms with van der Waals surface area (Å²) in [6.07, 6.45) is 0. The molecule has 2 amide bonds. The standard InChI is InChI=1S/C14H20N2O4/c1-11(14(20)16(7-9-17)8-10-18)15-13(19)12-5-3-2-4-6-12/h2-6,11,17-18H,7-10H2,1H3,(H,15,19). The Kier molecular flexibility index (Phi) is 6.69. The van der Waals surface area contributed by atoms with Crippen molar-refractivity contribution in [1.29, 1.82) is 0 Å². The Balaban J connectivity index is 2.62. The van der Waals surface area contributed by atoms with E-state index in [1.165, 1.54) is 4.90 Å². The van der Waals surface area contributed by atoms with Crippen molar-refractivity contribution in [3.05, 3.63) is 35.9 Å². The van der Waals surface area contributed by atoms with E-state index in [2.05, 4.69) is 5.32 Å². The molecule has 3 N–H and O–H groups in total. The van der Waals surface area contributed by atoms with Crippen LogP contribution in [0.25, 0.3) is 0 Å². The number of carbonyl (C=O) groups is 2. The molecule has 1 aromatic carbocycles. The Morgan fingerprint density at radius 1 is 1.15 bits per heavy atom. The Labute approximate surface area is 118 Å². The Morgan fingerprint density at radius 2 is 1.70 bits per heavy atom. The first-order chi connectivity index (χ1) is 9.60. The number of hydrogen-bond acceptors (Lipinski definition) is 4. The average molecular weight is 280 g/mol. The first kappa shape index (κ1) is 16.1. The van der Waals surface area contributed by atoms with Crippen molar-refractivity contribution in [2.75, 3.05) is 26.3 Å². The number of carbonyl (C=O) groups excluding carboxylic acids is 2. The normalized spacial score (nSPS) is 11.8. The van der Waals surface area contributed by atoms with Crippen LogP contribution >= 0.6 is 0 Å². The highest BCUT2D eigenvalue weighted by Crippen LogP contribution is 2.01. The number of aliphatic hydroxyl groups is 2. The number of rotatable bonds is 7. The van der Waals surface area contributed by atoms with Gasteiger partial charge in [-0.05, 0) is 19.1 Å². The molecule has 0 radical (unpaired) electrons. The number of hydrogen-bond donors (Lipinski definition) is 3. The van der Waals surface area contributed by atoms with Crippen molar-refractivity contribution >= 4 is 11.8 Å². The van der Waals surface area contributed by atoms with Crippen LogP contribution in [0.3, 0.4) is 0 Å². The third-order valence-corrected chi connectivity index (χ3v) is 2.81. The molecular weight excluding hydrogens is 260 g/mol. The van der Waals surface area contributed by atoms with Crippen LogP contribution in [0.1, 0.15) is 17.3 Å². The van der Waals surface area contributed by atoms with E-state index in [9.17, 15) is 9.59 Å². The van der Waals surface area contributed by atoms with Gasteiger partial charge in [0.15, 0.2) is 0 Å². The lowest BCUT2D eigenvalue weighted by molar-refractivity contribution is -0.133. The van der Waals surface area contributed by atoms with Gasteiger partial charge in [-0.15, -0.1) is 0 Å². The highest BCUT2D eigenvalue weighted by Gasteiger charge is 2.21. The molecule has 6 nitrogen and oxygen atoms in total. The molecule has 20 heavy (non-hydrogen) atoms. The van der Waals surface area contributed by atoms with Crippen molar-refractivity contribution in [2.45, 2.75) is 13.0 Å². The van der Waals surface area contributed by atoms with Gasteiger partial charge in [0.05, 0.1) is 13.2 Å². The van der Waals surface area contributed by atoms with Crippen LogP contribution in [0.15, 0.2) is 30.3 Å². The molecule has 0 aromatic heterocycles. The molecule has 0 aliphatic rings. The minimum Gasteiger partial charge on any atom is -0.395 e. The van der Waals surface area contributed by atoms with Crippen LogP contribution in [0.2, 0.25) is 0 Å². The minimum absolute atomic E-state index is 0.130. The fraction of sp³-hybridized carbons (Fsp3) is 0.429. The lowest BCUT2D eigenvalue weighted by Crippen LogP contribution is -2.48. The average Bonchev–Trinajstić information content (AvgIpc) is 2.47. The van der Waals surface area contributed by atoms with Gasteiger partial charge in [0.1, 0.15) is 6.04 Å². The van der Waals surface area contributed by atoms with E-state index in [0.29, 0.717) is 5.56 Å². The molecule has 1 atom stereocenters. The van der Waals surface area contributed by atoms with Gasteiger partial charge in [0.2, 0.25) is 5.91 Å². The van der Waals surface area contributed by atoms with E-state index in [1.807, 2.05) is 0 Å². The highest BCUT2D eigenvalue weighted by atomic mass is 16.3. The molecule has 110 valence electrons. The summed E-state index contributed by atoms with van der Waals surface area (Å²) in [7, 11) is 0. The summed E-state index contributed by atoms with van der Waals surface area (Å²) in [5.41, 5.74) is 0.475. The second-order valence-electron chi connectivity index (χ2n) is 4.33. The molecule has 0 saturated heterocycles. The fourth-order valence-corrected chi connectivity index (χ4v) is 1.78. The lowest BCUT2D eigenvalue weighted by atomic mass is 10.2. The second-order valence-corrected chi connectivity index (χ2v) is 4.33. The van der Waals surface area contributed by atoms with Crippen LogP contribution in [0.5, 0.6) is 0 Å². The molecule has 0 spiro atoms. The van der Waals surface area contributed by atoms with Gasteiger partial charge < -0.3 is 20.4 Å². The number of nitrogens with one attached hydrogen (secondary N) is 1. The van der Waals surface area contributed by atoms with E-state index < -0.39 is 6.04 Å². The van der Waals surface area contributed by atoms with Gasteiger partial charge in [0, 0.05) is 18.7 Å². The molecule has 0 aliphatic heterocycles. The Morgan fingerprint density at radius 3 is 2.20 bits per heavy atom. The number of benzene rings is 1. The molecule has 1 rings (SSSR count). The maximum Gasteiger partial charge on any atom is 0.251 e. The number of nitrogens with zero attached hydrogens (tertiary/aromatic N) is 1. The third-order valence-electron chi connectivity index (χ3n) is 2.81. The van der Waals surface area contributed by atoms with Crippen LogP contribution in [-0.2, 0) is 4.79 Å². The Bertz CT molecular complexity index is 430. The van der Waals surface area contributed by atoms with Gasteiger partial charge in [-0.3, -0.25) is 9.59 Å². The minimum atomic E-state index is -0.721. The molecule has 1 unspecified atom stereocenters. The third kappa shape index (κ3) is 4.64. The zero-order chi connectivity index (χ0) is 15.0. The molecule has 0 heterocycles. The topological polar surface area (TPSA) is 89.9 Å². The maximum atomic E-state index is 12.1. The summed E-state index contributed by atoms with van der Waals surface area (Å²) in [4.78, 5) is 25.3. The SMILES string of the molecule is CC(NC(=O)c1ccccc1)C(=O)N(CCO)CCO. The molecular formula is C14H20N2O4. The molecule has 0 aliphatic carbocycles. The predicted octanol–water partition coefficient (Wildman–Crippen LogP) is -0.382. The number of amides is 2. The van der Waals surface area contributed by atoms with Crippen molar-refractivity contribution in [3.63, 3.8) is 0 Å². The monoisotopic (exact) mass is 280 g/mol. The van der Waals surface area contributed by atoms with Crippen LogP contribution in [0.4, 0.5) is 0 Å². The fourth-order valence-electron chi connectivity index (χ4n) is 1.78. The van der Waals surface area contributed by atoms with E-state index in [1.54, 1.807) is 37.3 Å². The van der Waals surface area contributed by atoms with Gasteiger partial charge in [0.25, 0.3) is 5.91 Å². The van der Waals surface area contributed by atoms with Crippen molar-refractivity contribution in [1.82, 2.24) is 10.2 Å². The van der Waals surface area contributed by atoms with Gasteiger partial charge in [-0.1, -0.05) is 18.2 Å². The van der Waals surface area contributed by atoms with Gasteiger partial charge in [-0.2, -0.15) is 0 Å². The largest absolute Gasteiger partial charge is 0.395 e. The molecule has 0 fully saturated rings. The molecule has 0 saturated carbocycles. The van der Waals surface area contributed by atoms with Crippen LogP contribution in [-0.4, -0.2) is 59.3 Å². The quantitative estimate of drug-likeness (QED) is 0.635. The zero-order valence-corrected chi connectivity index (χ0v) is 11.5. The maximum absolute atomic E-state index is 12.1. The van der Waals surface area contributed by atoms with Crippen molar-refractivity contribution in [2.24, 2.45) is 0 Å². The summed E-state index contributed by atoms with van der Waals surface area (Å²) >= 11 is 0. The first-order valence-electron chi connectivity index (χ1n) is 6.46. The first-order valence-corrected chi connectivity index (χ1v) is 6.46. The van der Waals surface area contributed by atoms with E-state index >= 15 is 0 Å². The molecule has 6 heteroatoms. The predicted molar refractivity (Wildman–Crippen MR) is 74.1 cm³/mol. The van der Waals surface area contributed by atoms with E-state index in [4.69, 9.17) is 10.2 Å². The summed E-state index contributed by atoms with van der Waals surface area (Å²) < 4.78 is 0. The zero-order valence-electron chi connectivity index (χ0n) is 11.5. The summed E-state index contributed by atoms with van der Waals surface area (Å²) in [6, 6.07) is 7.88. The molecule has 1 aromatic rings. The smallest absolute Gasteiger partial charge is 0.251 e. The Hall–Kier alpha value is -1.92. The second kappa shape index (κ2) is 8.29. The van der Waals surface area contributed by atoms with E-state index in [0.717, 1.165) is 0 Å². The van der Waals surface area contributed by atoms with Gasteiger partial charge >= 0.3 is 0 Å². The molecule has 0 bridgehead atoms. The lowest BCUT2D eigenvalue weighted by Gasteiger charge is -2.24. The van der Waals surface area contributed by atoms with Crippen LogP contribution in [0, 0.1) is 0 Å². The van der Waals surface area contributed by atoms with Crippen LogP contribution < -0.4 is 5.32 Å². The number of aliphatic hydroxyl groups excluding tert-OH is 2. The van der Waals surface area contributed by atoms with Crippen molar-refractivity contribution < 1.29 is 19.8 Å². The van der Waals surface area contributed by atoms with Crippen molar-refractivity contribution in [3.8, 4) is 0 Å².